The summed E-state index contributed by atoms with van der Waals surface area (Å²) in [5, 5.41) is 15.0. The van der Waals surface area contributed by atoms with Gasteiger partial charge in [-0.05, 0) is 75.6 Å². The van der Waals surface area contributed by atoms with Crippen molar-refractivity contribution in [3.8, 4) is 17.0 Å². The van der Waals surface area contributed by atoms with Gasteiger partial charge in [-0.1, -0.05) is 34.7 Å². The van der Waals surface area contributed by atoms with E-state index in [4.69, 9.17) is 19.0 Å². The molecule has 3 aliphatic rings. The summed E-state index contributed by atoms with van der Waals surface area (Å²) < 4.78 is 18.9. The first-order valence-electron chi connectivity index (χ1n) is 14.1. The van der Waals surface area contributed by atoms with Crippen LogP contribution < -0.4 is 9.64 Å². The number of rotatable bonds is 8. The number of fused-ring (bicyclic) bond motifs is 3. The minimum Gasteiger partial charge on any atom is -0.494 e. The number of hydrogen-bond acceptors (Lipinski definition) is 8. The van der Waals surface area contributed by atoms with Crippen molar-refractivity contribution in [3.63, 3.8) is 0 Å². The lowest BCUT2D eigenvalue weighted by atomic mass is 9.96. The molecule has 8 nitrogen and oxygen atoms in total. The van der Waals surface area contributed by atoms with Crippen LogP contribution in [0.1, 0.15) is 77.3 Å². The Labute approximate surface area is 236 Å². The van der Waals surface area contributed by atoms with Crippen LogP contribution in [0.3, 0.4) is 0 Å². The number of piperidine rings is 1. The molecule has 0 spiro atoms. The quantitative estimate of drug-likeness (QED) is 0.250. The maximum Gasteiger partial charge on any atom is 0.335 e. The molecule has 9 heteroatoms. The largest absolute Gasteiger partial charge is 0.494 e. The molecule has 2 aliphatic heterocycles. The van der Waals surface area contributed by atoms with E-state index in [1.807, 2.05) is 0 Å². The number of aromatic nitrogens is 2. The number of anilines is 1. The summed E-state index contributed by atoms with van der Waals surface area (Å²) in [6, 6.07) is 10.3. The molecule has 0 amide bonds. The fourth-order valence-corrected chi connectivity index (χ4v) is 7.83. The van der Waals surface area contributed by atoms with Crippen molar-refractivity contribution < 1.29 is 23.9 Å². The number of thiazole rings is 1. The zero-order valence-electron chi connectivity index (χ0n) is 23.0. The van der Waals surface area contributed by atoms with Gasteiger partial charge in [-0.2, -0.15) is 0 Å². The van der Waals surface area contributed by atoms with Crippen LogP contribution >= 0.6 is 11.3 Å². The van der Waals surface area contributed by atoms with E-state index in [0.717, 1.165) is 76.5 Å². The average molecular weight is 560 g/mol. The number of ether oxygens (including phenoxy) is 2. The molecule has 1 N–H and O–H groups in total. The second kappa shape index (κ2) is 9.89. The molecular formula is C31H33N3O5S. The van der Waals surface area contributed by atoms with Crippen molar-refractivity contribution in [2.75, 3.05) is 12.0 Å². The van der Waals surface area contributed by atoms with Crippen molar-refractivity contribution >= 4 is 32.7 Å². The second-order valence-electron chi connectivity index (χ2n) is 11.4. The molecule has 2 aromatic carbocycles. The summed E-state index contributed by atoms with van der Waals surface area (Å²) in [5.74, 6) is 0.997. The number of benzene rings is 2. The lowest BCUT2D eigenvalue weighted by Crippen LogP contribution is -2.45. The van der Waals surface area contributed by atoms with Crippen LogP contribution in [0.5, 0.6) is 5.75 Å². The van der Waals surface area contributed by atoms with E-state index in [-0.39, 0.29) is 11.7 Å². The molecule has 7 rings (SSSR count). The van der Waals surface area contributed by atoms with Crippen molar-refractivity contribution in [1.82, 2.24) is 10.1 Å². The van der Waals surface area contributed by atoms with Gasteiger partial charge in [-0.15, -0.1) is 0 Å². The Balaban J connectivity index is 1.11. The SMILES string of the molecule is COc1cc(C(=O)O)cc2sc(N3[C@@H]4CC[C@H]3C[C@@H](OCc3c(-c5c(C)cccc5C)noc3C3CC3)C4)nc12. The van der Waals surface area contributed by atoms with E-state index in [1.165, 1.54) is 11.1 Å². The number of methoxy groups -OCH3 is 1. The third-order valence-corrected chi connectivity index (χ3v) is 9.79. The molecule has 4 heterocycles. The monoisotopic (exact) mass is 559 g/mol. The highest BCUT2D eigenvalue weighted by atomic mass is 32.1. The summed E-state index contributed by atoms with van der Waals surface area (Å²) in [4.78, 5) is 19.0. The number of carboxylic acids is 1. The fourth-order valence-electron chi connectivity index (χ4n) is 6.67. The second-order valence-corrected chi connectivity index (χ2v) is 12.4. The predicted octanol–water partition coefficient (Wildman–Crippen LogP) is 6.87. The topological polar surface area (TPSA) is 97.9 Å². The first-order valence-corrected chi connectivity index (χ1v) is 14.9. The van der Waals surface area contributed by atoms with Crippen LogP contribution in [0.4, 0.5) is 5.13 Å². The summed E-state index contributed by atoms with van der Waals surface area (Å²) >= 11 is 1.55. The third-order valence-electron chi connectivity index (χ3n) is 8.77. The number of carboxylic acid groups (broad SMARTS) is 1. The summed E-state index contributed by atoms with van der Waals surface area (Å²) in [5.41, 5.74) is 6.55. The molecule has 1 saturated carbocycles. The molecule has 208 valence electrons. The standard InChI is InChI=1S/C31H33N3O5S/c1-16-5-4-6-17(2)26(16)27-23(29(39-33-27)18-7-8-18)15-38-22-13-20-9-10-21(14-22)34(20)31-32-28-24(37-3)11-19(30(35)36)12-25(28)40-31/h4-6,11-12,18,20-22H,7-10,13-15H2,1-3H3,(H,35,36)/t20-,21+,22+. The van der Waals surface area contributed by atoms with E-state index >= 15 is 0 Å². The number of aromatic carboxylic acids is 1. The van der Waals surface area contributed by atoms with E-state index in [2.05, 4.69) is 42.1 Å². The Bertz CT molecular complexity index is 1570. The lowest BCUT2D eigenvalue weighted by molar-refractivity contribution is 0.0147. The molecule has 0 unspecified atom stereocenters. The van der Waals surface area contributed by atoms with Crippen molar-refractivity contribution in [2.24, 2.45) is 0 Å². The zero-order chi connectivity index (χ0) is 27.5. The van der Waals surface area contributed by atoms with Crippen molar-refractivity contribution in [1.29, 1.82) is 0 Å². The first kappa shape index (κ1) is 25.5. The molecule has 0 radical (unpaired) electrons. The van der Waals surface area contributed by atoms with Gasteiger partial charge in [0.2, 0.25) is 0 Å². The Hall–Kier alpha value is -3.43. The molecule has 40 heavy (non-hydrogen) atoms. The third kappa shape index (κ3) is 4.36. The summed E-state index contributed by atoms with van der Waals surface area (Å²) in [7, 11) is 1.56. The van der Waals surface area contributed by atoms with Crippen LogP contribution in [-0.4, -0.2) is 46.5 Å². The van der Waals surface area contributed by atoms with Crippen LogP contribution in [0.25, 0.3) is 21.5 Å². The summed E-state index contributed by atoms with van der Waals surface area (Å²) in [6.45, 7) is 4.77. The zero-order valence-corrected chi connectivity index (χ0v) is 23.8. The van der Waals surface area contributed by atoms with Gasteiger partial charge in [0.15, 0.2) is 5.13 Å². The van der Waals surface area contributed by atoms with Gasteiger partial charge in [0.1, 0.15) is 22.7 Å². The van der Waals surface area contributed by atoms with Crippen LogP contribution in [-0.2, 0) is 11.3 Å². The van der Waals surface area contributed by atoms with Crippen LogP contribution in [0, 0.1) is 13.8 Å². The van der Waals surface area contributed by atoms with Gasteiger partial charge in [0.05, 0.1) is 30.1 Å². The maximum atomic E-state index is 11.6. The minimum absolute atomic E-state index is 0.157. The highest BCUT2D eigenvalue weighted by molar-refractivity contribution is 7.22. The molecule has 3 atom stereocenters. The predicted molar refractivity (Wildman–Crippen MR) is 154 cm³/mol. The van der Waals surface area contributed by atoms with Gasteiger partial charge in [-0.3, -0.25) is 0 Å². The van der Waals surface area contributed by atoms with Gasteiger partial charge >= 0.3 is 5.97 Å². The van der Waals surface area contributed by atoms with E-state index in [1.54, 1.807) is 30.6 Å². The summed E-state index contributed by atoms with van der Waals surface area (Å²) in [6.07, 6.45) is 6.54. The Morgan fingerprint density at radius 2 is 1.85 bits per heavy atom. The van der Waals surface area contributed by atoms with Gasteiger partial charge in [0.25, 0.3) is 0 Å². The normalized spacial score (nSPS) is 22.3. The highest BCUT2D eigenvalue weighted by Crippen LogP contribution is 2.47. The molecule has 2 aromatic heterocycles. The maximum absolute atomic E-state index is 11.6. The van der Waals surface area contributed by atoms with Gasteiger partial charge in [0, 0.05) is 29.1 Å². The molecule has 3 fully saturated rings. The Morgan fingerprint density at radius 1 is 1.12 bits per heavy atom. The van der Waals surface area contributed by atoms with Crippen LogP contribution in [0.2, 0.25) is 0 Å². The Morgan fingerprint density at radius 3 is 2.50 bits per heavy atom. The van der Waals surface area contributed by atoms with Crippen molar-refractivity contribution in [3.05, 3.63) is 58.3 Å². The van der Waals surface area contributed by atoms with E-state index in [9.17, 15) is 9.90 Å². The smallest absolute Gasteiger partial charge is 0.335 e. The lowest BCUT2D eigenvalue weighted by Gasteiger charge is -2.38. The molecular weight excluding hydrogens is 526 g/mol. The fraction of sp³-hybridized carbons (Fsp3) is 0.452. The van der Waals surface area contributed by atoms with E-state index in [0.29, 0.717) is 30.4 Å². The average Bonchev–Trinajstić information content (AvgIpc) is 3.46. The molecule has 2 saturated heterocycles. The molecule has 1 aliphatic carbocycles. The number of carbonyl (C=O) groups is 1. The first-order chi connectivity index (χ1) is 19.4. The number of aryl methyl sites for hydroxylation is 2. The van der Waals surface area contributed by atoms with Crippen LogP contribution in [0.15, 0.2) is 34.9 Å². The minimum atomic E-state index is -0.966. The van der Waals surface area contributed by atoms with E-state index < -0.39 is 5.97 Å². The Kier molecular flexibility index (Phi) is 6.31. The highest BCUT2D eigenvalue weighted by Gasteiger charge is 2.43. The van der Waals surface area contributed by atoms with Crippen molar-refractivity contribution in [2.45, 2.75) is 83.1 Å². The molecule has 4 aromatic rings. The number of hydrogen-bond donors (Lipinski definition) is 1. The van der Waals surface area contributed by atoms with Gasteiger partial charge < -0.3 is 24.0 Å². The number of nitrogens with zero attached hydrogens (tertiary/aromatic N) is 3. The molecule has 2 bridgehead atoms. The van der Waals surface area contributed by atoms with Gasteiger partial charge in [-0.25, -0.2) is 9.78 Å².